The third kappa shape index (κ3) is 6.07. The van der Waals surface area contributed by atoms with Crippen molar-refractivity contribution in [1.82, 2.24) is 5.43 Å². The Balaban J connectivity index is 1.65. The van der Waals surface area contributed by atoms with Gasteiger partial charge in [0.05, 0.1) is 6.21 Å². The van der Waals surface area contributed by atoms with Gasteiger partial charge in [0.2, 0.25) is 0 Å². The van der Waals surface area contributed by atoms with Crippen molar-refractivity contribution in [3.05, 3.63) is 87.9 Å². The predicted octanol–water partition coefficient (Wildman–Crippen LogP) is 5.13. The molecule has 0 aliphatic rings. The van der Waals surface area contributed by atoms with E-state index in [9.17, 15) is 9.59 Å². The molecule has 30 heavy (non-hydrogen) atoms. The number of carbonyl (C=O) groups is 2. The molecule has 152 valence electrons. The van der Waals surface area contributed by atoms with Crippen LogP contribution in [0.15, 0.2) is 71.8 Å². The summed E-state index contributed by atoms with van der Waals surface area (Å²) >= 11 is 11.9. The average Bonchev–Trinajstić information content (AvgIpc) is 2.73. The van der Waals surface area contributed by atoms with E-state index in [-0.39, 0.29) is 0 Å². The second kappa shape index (κ2) is 9.91. The van der Waals surface area contributed by atoms with E-state index in [2.05, 4.69) is 21.2 Å². The van der Waals surface area contributed by atoms with Gasteiger partial charge in [-0.25, -0.2) is 5.43 Å². The summed E-state index contributed by atoms with van der Waals surface area (Å²) in [6.45, 7) is 2.01. The van der Waals surface area contributed by atoms with Crippen LogP contribution in [0.5, 0.6) is 0 Å². The highest BCUT2D eigenvalue weighted by Gasteiger charge is 2.13. The molecule has 0 aromatic heterocycles. The summed E-state index contributed by atoms with van der Waals surface area (Å²) in [7, 11) is 0. The van der Waals surface area contributed by atoms with Gasteiger partial charge >= 0.3 is 11.8 Å². The molecule has 3 N–H and O–H groups in total. The zero-order valence-electron chi connectivity index (χ0n) is 15.9. The molecule has 0 atom stereocenters. The summed E-state index contributed by atoms with van der Waals surface area (Å²) in [5.41, 5.74) is 6.08. The first-order valence-corrected chi connectivity index (χ1v) is 9.69. The number of rotatable bonds is 5. The quantitative estimate of drug-likeness (QED) is 0.292. The van der Waals surface area contributed by atoms with Crippen LogP contribution in [-0.4, -0.2) is 18.0 Å². The first-order valence-electron chi connectivity index (χ1n) is 8.94. The van der Waals surface area contributed by atoms with Crippen molar-refractivity contribution in [2.75, 3.05) is 10.6 Å². The summed E-state index contributed by atoms with van der Waals surface area (Å²) in [6.07, 6.45) is 1.41. The van der Waals surface area contributed by atoms with E-state index < -0.39 is 11.8 Å². The van der Waals surface area contributed by atoms with Gasteiger partial charge in [0.25, 0.3) is 0 Å². The summed E-state index contributed by atoms with van der Waals surface area (Å²) < 4.78 is 0. The van der Waals surface area contributed by atoms with Crippen LogP contribution >= 0.6 is 23.2 Å². The van der Waals surface area contributed by atoms with Crippen LogP contribution in [0.4, 0.5) is 17.1 Å². The zero-order valence-corrected chi connectivity index (χ0v) is 17.5. The monoisotopic (exact) mass is 440 g/mol. The lowest BCUT2D eigenvalue weighted by molar-refractivity contribution is -0.136. The predicted molar refractivity (Wildman–Crippen MR) is 122 cm³/mol. The number of hydrogen-bond acceptors (Lipinski definition) is 4. The number of benzene rings is 3. The first kappa shape index (κ1) is 21.4. The highest BCUT2D eigenvalue weighted by atomic mass is 35.5. The van der Waals surface area contributed by atoms with Crippen molar-refractivity contribution in [2.24, 2.45) is 5.10 Å². The molecule has 0 saturated carbocycles. The van der Waals surface area contributed by atoms with E-state index in [0.717, 1.165) is 16.9 Å². The number of nitrogens with zero attached hydrogens (tertiary/aromatic N) is 1. The second-order valence-corrected chi connectivity index (χ2v) is 7.26. The maximum Gasteiger partial charge on any atom is 0.329 e. The molecule has 0 aliphatic carbocycles. The summed E-state index contributed by atoms with van der Waals surface area (Å²) in [4.78, 5) is 23.9. The molecule has 3 aromatic rings. The Hall–Kier alpha value is -3.35. The van der Waals surface area contributed by atoms with Gasteiger partial charge < -0.3 is 10.6 Å². The standard InChI is InChI=1S/C22H18Cl2N4O2/c1-14-2-7-18(8-3-14)26-20-11-6-17(24)12-15(20)13-25-28-22(30)21(29)27-19-9-4-16(23)5-10-19/h2-13,26H,1H3,(H,27,29)(H,28,30)/b25-13-. The summed E-state index contributed by atoms with van der Waals surface area (Å²) in [5, 5.41) is 10.6. The first-order chi connectivity index (χ1) is 14.4. The largest absolute Gasteiger partial charge is 0.355 e. The van der Waals surface area contributed by atoms with Gasteiger partial charge in [0.1, 0.15) is 0 Å². The Morgan fingerprint density at radius 3 is 2.17 bits per heavy atom. The van der Waals surface area contributed by atoms with Crippen LogP contribution in [0.1, 0.15) is 11.1 Å². The van der Waals surface area contributed by atoms with Gasteiger partial charge in [-0.05, 0) is 61.5 Å². The van der Waals surface area contributed by atoms with Gasteiger partial charge in [-0.3, -0.25) is 9.59 Å². The van der Waals surface area contributed by atoms with E-state index in [1.807, 2.05) is 31.2 Å². The van der Waals surface area contributed by atoms with Gasteiger partial charge in [0, 0.05) is 32.7 Å². The van der Waals surface area contributed by atoms with Crippen LogP contribution in [0.2, 0.25) is 10.0 Å². The van der Waals surface area contributed by atoms with Crippen LogP contribution in [0.25, 0.3) is 0 Å². The lowest BCUT2D eigenvalue weighted by Gasteiger charge is -2.10. The number of amides is 2. The number of halogens is 2. The van der Waals surface area contributed by atoms with Crippen molar-refractivity contribution in [2.45, 2.75) is 6.92 Å². The Labute approximate surface area is 183 Å². The Morgan fingerprint density at radius 2 is 1.47 bits per heavy atom. The smallest absolute Gasteiger partial charge is 0.329 e. The van der Waals surface area contributed by atoms with Crippen molar-refractivity contribution in [1.29, 1.82) is 0 Å². The second-order valence-electron chi connectivity index (χ2n) is 6.38. The van der Waals surface area contributed by atoms with Crippen LogP contribution in [-0.2, 0) is 9.59 Å². The molecule has 0 saturated heterocycles. The Kier molecular flexibility index (Phi) is 7.06. The molecule has 0 spiro atoms. The number of aryl methyl sites for hydroxylation is 1. The average molecular weight is 441 g/mol. The molecule has 0 bridgehead atoms. The molecule has 8 heteroatoms. The van der Waals surface area contributed by atoms with Crippen LogP contribution in [0, 0.1) is 6.92 Å². The van der Waals surface area contributed by atoms with Gasteiger partial charge in [0.15, 0.2) is 0 Å². The molecular weight excluding hydrogens is 423 g/mol. The molecule has 2 amide bonds. The molecule has 0 unspecified atom stereocenters. The van der Waals surface area contributed by atoms with Crippen LogP contribution in [0.3, 0.4) is 0 Å². The minimum absolute atomic E-state index is 0.447. The molecule has 0 fully saturated rings. The molecular formula is C22H18Cl2N4O2. The van der Waals surface area contributed by atoms with E-state index in [0.29, 0.717) is 21.3 Å². The lowest BCUT2D eigenvalue weighted by atomic mass is 10.1. The number of anilines is 3. The van der Waals surface area contributed by atoms with E-state index in [4.69, 9.17) is 23.2 Å². The number of nitrogens with one attached hydrogen (secondary N) is 3. The Morgan fingerprint density at radius 1 is 0.833 bits per heavy atom. The van der Waals surface area contributed by atoms with Crippen LogP contribution < -0.4 is 16.1 Å². The maximum absolute atomic E-state index is 12.0. The van der Waals surface area contributed by atoms with Gasteiger partial charge in [-0.15, -0.1) is 0 Å². The van der Waals surface area contributed by atoms with Crippen molar-refractivity contribution >= 4 is 58.3 Å². The zero-order chi connectivity index (χ0) is 21.5. The van der Waals surface area contributed by atoms with E-state index >= 15 is 0 Å². The molecule has 0 radical (unpaired) electrons. The third-order valence-corrected chi connectivity index (χ3v) is 4.51. The molecule has 3 rings (SSSR count). The van der Waals surface area contributed by atoms with E-state index in [1.54, 1.807) is 42.5 Å². The minimum atomic E-state index is -0.906. The highest BCUT2D eigenvalue weighted by Crippen LogP contribution is 2.23. The topological polar surface area (TPSA) is 82.6 Å². The number of hydrogen-bond donors (Lipinski definition) is 3. The maximum atomic E-state index is 12.0. The highest BCUT2D eigenvalue weighted by molar-refractivity contribution is 6.39. The fourth-order valence-electron chi connectivity index (χ4n) is 2.48. The van der Waals surface area contributed by atoms with Gasteiger partial charge in [-0.1, -0.05) is 40.9 Å². The molecule has 6 nitrogen and oxygen atoms in total. The fraction of sp³-hybridized carbons (Fsp3) is 0.0455. The van der Waals surface area contributed by atoms with Crippen molar-refractivity contribution < 1.29 is 9.59 Å². The van der Waals surface area contributed by atoms with Crippen molar-refractivity contribution in [3.63, 3.8) is 0 Å². The molecule has 0 heterocycles. The third-order valence-electron chi connectivity index (χ3n) is 4.02. The Bertz CT molecular complexity index is 1080. The summed E-state index contributed by atoms with van der Waals surface area (Å²) in [5.74, 6) is -1.75. The normalized spacial score (nSPS) is 10.6. The summed E-state index contributed by atoms with van der Waals surface area (Å²) in [6, 6.07) is 19.5. The SMILES string of the molecule is Cc1ccc(Nc2ccc(Cl)cc2/C=N\NC(=O)C(=O)Nc2ccc(Cl)cc2)cc1. The van der Waals surface area contributed by atoms with E-state index in [1.165, 1.54) is 6.21 Å². The van der Waals surface area contributed by atoms with Crippen molar-refractivity contribution in [3.8, 4) is 0 Å². The minimum Gasteiger partial charge on any atom is -0.355 e. The lowest BCUT2D eigenvalue weighted by Crippen LogP contribution is -2.32. The fourth-order valence-corrected chi connectivity index (χ4v) is 2.79. The number of hydrazone groups is 1. The number of carbonyl (C=O) groups excluding carboxylic acids is 2. The molecule has 0 aliphatic heterocycles. The molecule has 3 aromatic carbocycles. The van der Waals surface area contributed by atoms with Gasteiger partial charge in [-0.2, -0.15) is 5.10 Å².